The van der Waals surface area contributed by atoms with Gasteiger partial charge in [0.2, 0.25) is 5.75 Å². The summed E-state index contributed by atoms with van der Waals surface area (Å²) in [7, 11) is 0. The van der Waals surface area contributed by atoms with E-state index in [9.17, 15) is 9.59 Å². The summed E-state index contributed by atoms with van der Waals surface area (Å²) in [6, 6.07) is 8.72. The van der Waals surface area contributed by atoms with Crippen LogP contribution in [-0.4, -0.2) is 49.5 Å². The van der Waals surface area contributed by atoms with E-state index in [2.05, 4.69) is 4.99 Å². The molecule has 0 aliphatic heterocycles. The van der Waals surface area contributed by atoms with Gasteiger partial charge in [-0.05, 0) is 65.0 Å². The minimum atomic E-state index is -0.505. The molecule has 0 N–H and O–H groups in total. The molecule has 194 valence electrons. The third-order valence-electron chi connectivity index (χ3n) is 4.91. The van der Waals surface area contributed by atoms with Crippen LogP contribution in [0.4, 0.5) is 0 Å². The molecule has 36 heavy (non-hydrogen) atoms. The topological polar surface area (TPSA) is 97.6 Å². The summed E-state index contributed by atoms with van der Waals surface area (Å²) in [4.78, 5) is 30.4. The molecule has 0 unspecified atom stereocenters. The fourth-order valence-electron chi connectivity index (χ4n) is 3.55. The fraction of sp³-hybridized carbons (Fsp3) is 0.423. The summed E-state index contributed by atoms with van der Waals surface area (Å²) in [5.41, 5.74) is 1.03. The van der Waals surface area contributed by atoms with Gasteiger partial charge in [-0.25, -0.2) is 0 Å². The molecule has 0 fully saturated rings. The molecule has 1 heterocycles. The lowest BCUT2D eigenvalue weighted by atomic mass is 10.1. The summed E-state index contributed by atoms with van der Waals surface area (Å²) >= 11 is 1.29. The molecule has 0 saturated carbocycles. The van der Waals surface area contributed by atoms with Crippen LogP contribution in [0.1, 0.15) is 45.0 Å². The Morgan fingerprint density at radius 2 is 1.47 bits per heavy atom. The van der Waals surface area contributed by atoms with Crippen molar-refractivity contribution in [3.63, 3.8) is 0 Å². The summed E-state index contributed by atoms with van der Waals surface area (Å²) in [5, 5.41) is 0. The molecule has 10 heteroatoms. The number of hydrogen-bond donors (Lipinski definition) is 0. The highest BCUT2D eigenvalue weighted by Crippen LogP contribution is 2.39. The van der Waals surface area contributed by atoms with Crippen LogP contribution in [-0.2, 0) is 16.1 Å². The van der Waals surface area contributed by atoms with Crippen molar-refractivity contribution < 1.29 is 33.3 Å². The van der Waals surface area contributed by atoms with E-state index in [0.717, 1.165) is 10.2 Å². The molecule has 0 bridgehead atoms. The minimum absolute atomic E-state index is 0.0778. The lowest BCUT2D eigenvalue weighted by Gasteiger charge is -2.16. The van der Waals surface area contributed by atoms with E-state index in [1.807, 2.05) is 45.9 Å². The molecule has 0 aliphatic rings. The van der Waals surface area contributed by atoms with Gasteiger partial charge in [-0.3, -0.25) is 9.59 Å². The van der Waals surface area contributed by atoms with E-state index >= 15 is 0 Å². The zero-order chi connectivity index (χ0) is 26.1. The van der Waals surface area contributed by atoms with E-state index in [1.54, 1.807) is 23.6 Å². The van der Waals surface area contributed by atoms with Crippen LogP contribution in [0, 0.1) is 0 Å². The second-order valence-corrected chi connectivity index (χ2v) is 8.37. The first-order chi connectivity index (χ1) is 17.4. The number of thiazole rings is 1. The van der Waals surface area contributed by atoms with Gasteiger partial charge in [-0.2, -0.15) is 4.99 Å². The number of carbonyl (C=O) groups is 2. The monoisotopic (exact) mass is 516 g/mol. The van der Waals surface area contributed by atoms with Crippen molar-refractivity contribution >= 4 is 33.4 Å². The van der Waals surface area contributed by atoms with Crippen LogP contribution in [0.3, 0.4) is 0 Å². The molecular formula is C26H32N2O7S. The largest absolute Gasteiger partial charge is 0.494 e. The minimum Gasteiger partial charge on any atom is -0.494 e. The zero-order valence-corrected chi connectivity index (χ0v) is 22.1. The normalized spacial score (nSPS) is 11.4. The third-order valence-corrected chi connectivity index (χ3v) is 5.95. The molecular weight excluding hydrogens is 484 g/mol. The Morgan fingerprint density at radius 1 is 0.833 bits per heavy atom. The second kappa shape index (κ2) is 13.0. The van der Waals surface area contributed by atoms with Crippen molar-refractivity contribution in [1.82, 2.24) is 4.57 Å². The number of esters is 1. The number of rotatable bonds is 12. The maximum atomic E-state index is 13.3. The van der Waals surface area contributed by atoms with E-state index in [1.165, 1.54) is 11.3 Å². The quantitative estimate of drug-likeness (QED) is 0.325. The first-order valence-corrected chi connectivity index (χ1v) is 12.8. The van der Waals surface area contributed by atoms with Gasteiger partial charge in [0.1, 0.15) is 12.3 Å². The number of benzene rings is 2. The van der Waals surface area contributed by atoms with Crippen molar-refractivity contribution in [3.8, 4) is 23.0 Å². The molecule has 1 amide bonds. The summed E-state index contributed by atoms with van der Waals surface area (Å²) in [6.07, 6.45) is 0. The van der Waals surface area contributed by atoms with Crippen molar-refractivity contribution in [2.45, 2.75) is 41.2 Å². The van der Waals surface area contributed by atoms with E-state index in [0.29, 0.717) is 54.2 Å². The predicted molar refractivity (Wildman–Crippen MR) is 137 cm³/mol. The van der Waals surface area contributed by atoms with Gasteiger partial charge in [-0.15, -0.1) is 0 Å². The molecule has 3 aromatic rings. The predicted octanol–water partition coefficient (Wildman–Crippen LogP) is 4.60. The molecule has 0 saturated heterocycles. The fourth-order valence-corrected chi connectivity index (χ4v) is 4.60. The number of hydrogen-bond acceptors (Lipinski definition) is 8. The number of fused-ring (bicyclic) bond motifs is 1. The SMILES string of the molecule is CCOC(=O)Cn1c(=NC(=O)c2cc(OCC)c(OCC)c(OCC)c2)sc2cc(OCC)ccc21. The van der Waals surface area contributed by atoms with Gasteiger partial charge in [0.05, 0.1) is 43.3 Å². The summed E-state index contributed by atoms with van der Waals surface area (Å²) < 4.78 is 30.4. The van der Waals surface area contributed by atoms with Gasteiger partial charge in [-0.1, -0.05) is 11.3 Å². The van der Waals surface area contributed by atoms with Gasteiger partial charge < -0.3 is 28.3 Å². The number of aromatic nitrogens is 1. The Labute approximate surface area is 214 Å². The molecule has 0 spiro atoms. The van der Waals surface area contributed by atoms with Crippen molar-refractivity contribution in [1.29, 1.82) is 0 Å². The van der Waals surface area contributed by atoms with Gasteiger partial charge in [0.25, 0.3) is 5.91 Å². The van der Waals surface area contributed by atoms with E-state index < -0.39 is 11.9 Å². The van der Waals surface area contributed by atoms with Crippen LogP contribution >= 0.6 is 11.3 Å². The molecule has 3 rings (SSSR count). The van der Waals surface area contributed by atoms with E-state index in [4.69, 9.17) is 23.7 Å². The Kier molecular flexibility index (Phi) is 9.75. The lowest BCUT2D eigenvalue weighted by molar-refractivity contribution is -0.143. The Balaban J connectivity index is 2.13. The maximum Gasteiger partial charge on any atom is 0.326 e. The van der Waals surface area contributed by atoms with Crippen LogP contribution in [0.25, 0.3) is 10.2 Å². The highest BCUT2D eigenvalue weighted by Gasteiger charge is 2.19. The Morgan fingerprint density at radius 3 is 2.06 bits per heavy atom. The van der Waals surface area contributed by atoms with Crippen molar-refractivity contribution in [2.75, 3.05) is 33.0 Å². The van der Waals surface area contributed by atoms with Crippen LogP contribution in [0.15, 0.2) is 35.3 Å². The van der Waals surface area contributed by atoms with Gasteiger partial charge in [0.15, 0.2) is 16.3 Å². The molecule has 9 nitrogen and oxygen atoms in total. The second-order valence-electron chi connectivity index (χ2n) is 7.36. The summed E-state index contributed by atoms with van der Waals surface area (Å²) in [6.45, 7) is 11.1. The number of nitrogens with zero attached hydrogens (tertiary/aromatic N) is 2. The smallest absolute Gasteiger partial charge is 0.326 e. The Hall–Kier alpha value is -3.53. The van der Waals surface area contributed by atoms with Crippen molar-refractivity contribution in [3.05, 3.63) is 40.7 Å². The highest BCUT2D eigenvalue weighted by molar-refractivity contribution is 7.16. The highest BCUT2D eigenvalue weighted by atomic mass is 32.1. The molecule has 2 aromatic carbocycles. The van der Waals surface area contributed by atoms with Crippen LogP contribution < -0.4 is 23.7 Å². The average Bonchev–Trinajstić information content (AvgIpc) is 3.17. The number of ether oxygens (including phenoxy) is 5. The van der Waals surface area contributed by atoms with Gasteiger partial charge in [0, 0.05) is 5.56 Å². The lowest BCUT2D eigenvalue weighted by Crippen LogP contribution is -2.23. The molecule has 0 aliphatic carbocycles. The van der Waals surface area contributed by atoms with Crippen molar-refractivity contribution in [2.24, 2.45) is 4.99 Å². The van der Waals surface area contributed by atoms with Crippen LogP contribution in [0.2, 0.25) is 0 Å². The van der Waals surface area contributed by atoms with Gasteiger partial charge >= 0.3 is 5.97 Å². The molecule has 0 atom stereocenters. The maximum absolute atomic E-state index is 13.3. The van der Waals surface area contributed by atoms with E-state index in [-0.39, 0.29) is 18.7 Å². The van der Waals surface area contributed by atoms with Crippen LogP contribution in [0.5, 0.6) is 23.0 Å². The zero-order valence-electron chi connectivity index (χ0n) is 21.3. The first kappa shape index (κ1) is 27.1. The standard InChI is InChI=1S/C26H32N2O7S/c1-6-31-18-11-12-19-22(15-18)36-26(28(19)16-23(29)34-9-4)27-25(30)17-13-20(32-7-2)24(35-10-5)21(14-17)33-8-3/h11-15H,6-10,16H2,1-5H3. The summed E-state index contributed by atoms with van der Waals surface area (Å²) in [5.74, 6) is 1.02. The number of carbonyl (C=O) groups excluding carboxylic acids is 2. The molecule has 0 radical (unpaired) electrons. The Bertz CT molecular complexity index is 1250. The number of amides is 1. The first-order valence-electron chi connectivity index (χ1n) is 12.0. The average molecular weight is 517 g/mol. The molecule has 1 aromatic heterocycles. The third kappa shape index (κ3) is 6.37.